The summed E-state index contributed by atoms with van der Waals surface area (Å²) in [4.78, 5) is 0. The molecule has 0 radical (unpaired) electrons. The van der Waals surface area contributed by atoms with E-state index in [0.29, 0.717) is 0 Å². The fraction of sp³-hybridized carbons (Fsp3) is 1.00. The molecule has 0 amide bonds. The molecule has 24 heavy (non-hydrogen) atoms. The van der Waals surface area contributed by atoms with Crippen molar-refractivity contribution in [2.24, 2.45) is 10.8 Å². The van der Waals surface area contributed by atoms with Gasteiger partial charge < -0.3 is 24.1 Å². The van der Waals surface area contributed by atoms with E-state index < -0.39 is 23.8 Å². The summed E-state index contributed by atoms with van der Waals surface area (Å²) < 4.78 is 25.0. The molecule has 1 N–H and O–H groups in total. The third kappa shape index (κ3) is 2.39. The van der Waals surface area contributed by atoms with Crippen molar-refractivity contribution in [2.75, 3.05) is 14.2 Å². The van der Waals surface area contributed by atoms with Crippen molar-refractivity contribution in [2.45, 2.75) is 96.1 Å². The van der Waals surface area contributed by atoms with E-state index in [4.69, 9.17) is 18.9 Å². The third-order valence-corrected chi connectivity index (χ3v) is 6.91. The minimum absolute atomic E-state index is 0.0731. The molecule has 2 aliphatic carbocycles. The molecule has 1 saturated heterocycles. The molecule has 0 aromatic heterocycles. The number of methoxy groups -OCH3 is 2. The highest BCUT2D eigenvalue weighted by Gasteiger charge is 2.68. The zero-order valence-electron chi connectivity index (χ0n) is 16.1. The monoisotopic (exact) mass is 342 g/mol. The maximum absolute atomic E-state index is 11.0. The minimum Gasteiger partial charge on any atom is -0.390 e. The molecule has 1 aliphatic heterocycles. The van der Waals surface area contributed by atoms with Gasteiger partial charge >= 0.3 is 0 Å². The Hall–Kier alpha value is -0.200. The fourth-order valence-corrected chi connectivity index (χ4v) is 5.34. The van der Waals surface area contributed by atoms with E-state index in [9.17, 15) is 5.11 Å². The lowest BCUT2D eigenvalue weighted by atomic mass is 9.58. The summed E-state index contributed by atoms with van der Waals surface area (Å²) in [6.45, 7) is 8.66. The number of fused-ring (bicyclic) bond motifs is 2. The van der Waals surface area contributed by atoms with E-state index in [0.717, 1.165) is 38.5 Å². The van der Waals surface area contributed by atoms with Crippen molar-refractivity contribution in [3.05, 3.63) is 0 Å². The number of rotatable bonds is 3. The SMILES string of the molecule is CCC1(C)CC(C)(C)C(O)C2OC3(OC)CCCCC3(OC)OC21. The summed E-state index contributed by atoms with van der Waals surface area (Å²) in [5.74, 6) is -1.83. The van der Waals surface area contributed by atoms with Crippen LogP contribution in [0.4, 0.5) is 0 Å². The van der Waals surface area contributed by atoms with Gasteiger partial charge in [-0.1, -0.05) is 27.7 Å². The first-order valence-corrected chi connectivity index (χ1v) is 9.33. The number of aliphatic hydroxyl groups excluding tert-OH is 1. The summed E-state index contributed by atoms with van der Waals surface area (Å²) in [6, 6.07) is 0. The number of aliphatic hydroxyl groups is 1. The van der Waals surface area contributed by atoms with Crippen LogP contribution in [0.3, 0.4) is 0 Å². The molecule has 2 saturated carbocycles. The van der Waals surface area contributed by atoms with Crippen LogP contribution in [0, 0.1) is 10.8 Å². The van der Waals surface area contributed by atoms with Crippen molar-refractivity contribution in [3.8, 4) is 0 Å². The lowest BCUT2D eigenvalue weighted by Gasteiger charge is -2.64. The van der Waals surface area contributed by atoms with Crippen molar-refractivity contribution in [1.29, 1.82) is 0 Å². The molecular weight excluding hydrogens is 308 g/mol. The summed E-state index contributed by atoms with van der Waals surface area (Å²) in [5.41, 5.74) is -0.303. The molecule has 0 spiro atoms. The molecule has 0 aromatic rings. The summed E-state index contributed by atoms with van der Waals surface area (Å²) in [7, 11) is 3.33. The van der Waals surface area contributed by atoms with Gasteiger partial charge in [0.2, 0.25) is 11.6 Å². The van der Waals surface area contributed by atoms with Gasteiger partial charge in [-0.2, -0.15) is 0 Å². The van der Waals surface area contributed by atoms with Gasteiger partial charge in [0.25, 0.3) is 0 Å². The zero-order valence-corrected chi connectivity index (χ0v) is 16.1. The summed E-state index contributed by atoms with van der Waals surface area (Å²) in [5, 5.41) is 11.0. The van der Waals surface area contributed by atoms with Crippen LogP contribution in [0.1, 0.15) is 66.2 Å². The Morgan fingerprint density at radius 3 is 2.04 bits per heavy atom. The fourth-order valence-electron chi connectivity index (χ4n) is 5.34. The smallest absolute Gasteiger partial charge is 0.223 e. The van der Waals surface area contributed by atoms with E-state index in [-0.39, 0.29) is 16.9 Å². The molecule has 5 nitrogen and oxygen atoms in total. The van der Waals surface area contributed by atoms with E-state index >= 15 is 0 Å². The normalized spacial score (nSPS) is 50.9. The van der Waals surface area contributed by atoms with Crippen LogP contribution in [0.25, 0.3) is 0 Å². The first kappa shape index (κ1) is 18.6. The number of hydrogen-bond acceptors (Lipinski definition) is 5. The van der Waals surface area contributed by atoms with Crippen LogP contribution < -0.4 is 0 Å². The molecule has 0 aromatic carbocycles. The molecule has 6 unspecified atom stereocenters. The minimum atomic E-state index is -0.940. The van der Waals surface area contributed by atoms with Crippen LogP contribution >= 0.6 is 0 Å². The molecule has 140 valence electrons. The maximum Gasteiger partial charge on any atom is 0.223 e. The summed E-state index contributed by atoms with van der Waals surface area (Å²) >= 11 is 0. The van der Waals surface area contributed by atoms with E-state index in [2.05, 4.69) is 27.7 Å². The Kier molecular flexibility index (Phi) is 4.58. The third-order valence-electron chi connectivity index (χ3n) is 6.91. The molecular formula is C19H34O5. The van der Waals surface area contributed by atoms with Crippen LogP contribution in [-0.4, -0.2) is 49.2 Å². The second-order valence-electron chi connectivity index (χ2n) is 8.86. The molecule has 0 bridgehead atoms. The first-order chi connectivity index (χ1) is 11.2. The second-order valence-corrected chi connectivity index (χ2v) is 8.86. The maximum atomic E-state index is 11.0. The topological polar surface area (TPSA) is 57.2 Å². The zero-order chi connectivity index (χ0) is 17.8. The molecule has 3 aliphatic rings. The van der Waals surface area contributed by atoms with Gasteiger partial charge in [-0.3, -0.25) is 0 Å². The summed E-state index contributed by atoms with van der Waals surface area (Å²) in [6.07, 6.45) is 4.16. The second kappa shape index (κ2) is 5.92. The lowest BCUT2D eigenvalue weighted by Crippen LogP contribution is -2.75. The predicted octanol–water partition coefficient (Wildman–Crippen LogP) is 3.24. The van der Waals surface area contributed by atoms with Crippen molar-refractivity contribution >= 4 is 0 Å². The van der Waals surface area contributed by atoms with Gasteiger partial charge in [-0.15, -0.1) is 0 Å². The Labute approximate surface area is 146 Å². The standard InChI is InChI=1S/C19H34O5/c1-7-17(4)12-16(2,3)14(20)13-15(17)24-19(22-6)11-9-8-10-18(19,21-5)23-13/h13-15,20H,7-12H2,1-6H3. The largest absolute Gasteiger partial charge is 0.390 e. The van der Waals surface area contributed by atoms with E-state index in [1.54, 1.807) is 14.2 Å². The average molecular weight is 342 g/mol. The van der Waals surface area contributed by atoms with Gasteiger partial charge in [0, 0.05) is 27.1 Å². The Bertz CT molecular complexity index is 480. The number of hydrogen-bond donors (Lipinski definition) is 1. The quantitative estimate of drug-likeness (QED) is 0.853. The lowest BCUT2D eigenvalue weighted by molar-refractivity contribution is -0.491. The van der Waals surface area contributed by atoms with Crippen molar-refractivity contribution in [1.82, 2.24) is 0 Å². The van der Waals surface area contributed by atoms with Gasteiger partial charge in [-0.05, 0) is 36.5 Å². The van der Waals surface area contributed by atoms with Gasteiger partial charge in [-0.25, -0.2) is 0 Å². The van der Waals surface area contributed by atoms with Crippen LogP contribution in [0.2, 0.25) is 0 Å². The average Bonchev–Trinajstić information content (AvgIpc) is 2.58. The molecule has 3 fully saturated rings. The molecule has 3 rings (SSSR count). The van der Waals surface area contributed by atoms with Gasteiger partial charge in [0.05, 0.1) is 12.2 Å². The van der Waals surface area contributed by atoms with Gasteiger partial charge in [0.1, 0.15) is 6.10 Å². The highest BCUT2D eigenvalue weighted by molar-refractivity contribution is 5.10. The Balaban J connectivity index is 2.05. The van der Waals surface area contributed by atoms with Crippen molar-refractivity contribution < 1.29 is 24.1 Å². The Morgan fingerprint density at radius 2 is 1.54 bits per heavy atom. The van der Waals surface area contributed by atoms with Crippen LogP contribution in [-0.2, 0) is 18.9 Å². The molecule has 1 heterocycles. The van der Waals surface area contributed by atoms with Crippen LogP contribution in [0.15, 0.2) is 0 Å². The van der Waals surface area contributed by atoms with E-state index in [1.165, 1.54) is 0 Å². The van der Waals surface area contributed by atoms with Crippen LogP contribution in [0.5, 0.6) is 0 Å². The Morgan fingerprint density at radius 1 is 1.00 bits per heavy atom. The predicted molar refractivity (Wildman–Crippen MR) is 90.5 cm³/mol. The van der Waals surface area contributed by atoms with E-state index in [1.807, 2.05) is 0 Å². The van der Waals surface area contributed by atoms with Crippen molar-refractivity contribution in [3.63, 3.8) is 0 Å². The molecule has 5 heteroatoms. The first-order valence-electron chi connectivity index (χ1n) is 9.33. The molecule has 6 atom stereocenters. The highest BCUT2D eigenvalue weighted by Crippen LogP contribution is 2.58. The van der Waals surface area contributed by atoms with Gasteiger partial charge in [0.15, 0.2) is 0 Å². The number of ether oxygens (including phenoxy) is 4. The highest BCUT2D eigenvalue weighted by atomic mass is 16.8.